The second kappa shape index (κ2) is 6.81. The quantitative estimate of drug-likeness (QED) is 0.928. The van der Waals surface area contributed by atoms with Gasteiger partial charge in [-0.25, -0.2) is 0 Å². The topological polar surface area (TPSA) is 66.8 Å². The van der Waals surface area contributed by atoms with Gasteiger partial charge in [-0.1, -0.05) is 11.6 Å². The number of methoxy groups -OCH3 is 1. The van der Waals surface area contributed by atoms with Gasteiger partial charge in [0.1, 0.15) is 5.75 Å². The minimum absolute atomic E-state index is 0. The molecule has 1 unspecified atom stereocenters. The molecule has 5 nitrogen and oxygen atoms in total. The van der Waals surface area contributed by atoms with Crippen molar-refractivity contribution in [1.82, 2.24) is 4.90 Å². The van der Waals surface area contributed by atoms with E-state index in [9.17, 15) is 9.59 Å². The zero-order valence-electron chi connectivity index (χ0n) is 10.8. The molecule has 110 valence electrons. The molecule has 0 saturated carbocycles. The number of likely N-dealkylation sites (tertiary alicyclic amines) is 1. The predicted octanol–water partition coefficient (Wildman–Crippen LogP) is 2.32. The van der Waals surface area contributed by atoms with Crippen molar-refractivity contribution in [3.8, 4) is 5.75 Å². The Morgan fingerprint density at radius 3 is 2.70 bits per heavy atom. The van der Waals surface area contributed by atoms with E-state index in [4.69, 9.17) is 21.4 Å². The van der Waals surface area contributed by atoms with Crippen LogP contribution in [-0.4, -0.2) is 42.1 Å². The number of carboxylic acid groups (broad SMARTS) is 1. The van der Waals surface area contributed by atoms with Gasteiger partial charge in [-0.15, -0.1) is 12.4 Å². The Balaban J connectivity index is 0.00000200. The highest BCUT2D eigenvalue weighted by atomic mass is 35.5. The lowest BCUT2D eigenvalue weighted by molar-refractivity contribution is -0.141. The van der Waals surface area contributed by atoms with Crippen molar-refractivity contribution < 1.29 is 19.4 Å². The molecule has 0 spiro atoms. The van der Waals surface area contributed by atoms with Gasteiger partial charge in [0.2, 0.25) is 0 Å². The highest BCUT2D eigenvalue weighted by Crippen LogP contribution is 2.26. The van der Waals surface area contributed by atoms with Crippen LogP contribution in [0.4, 0.5) is 0 Å². The summed E-state index contributed by atoms with van der Waals surface area (Å²) in [5.41, 5.74) is 0.401. The monoisotopic (exact) mass is 319 g/mol. The molecule has 1 aromatic rings. The van der Waals surface area contributed by atoms with Crippen LogP contribution >= 0.6 is 24.0 Å². The first-order valence-electron chi connectivity index (χ1n) is 5.88. The molecule has 20 heavy (non-hydrogen) atoms. The number of ether oxygens (including phenoxy) is 1. The number of hydrogen-bond acceptors (Lipinski definition) is 3. The third kappa shape index (κ3) is 3.35. The molecule has 1 heterocycles. The standard InChI is InChI=1S/C13H14ClNO4.ClH/c1-19-11-6-9(14)2-3-10(11)12(16)15-5-4-8(7-15)13(17)18;/h2-3,6,8H,4-5,7H2,1H3,(H,17,18);1H. The predicted molar refractivity (Wildman–Crippen MR) is 76.9 cm³/mol. The first-order chi connectivity index (χ1) is 9.02. The highest BCUT2D eigenvalue weighted by Gasteiger charge is 2.32. The van der Waals surface area contributed by atoms with Crippen LogP contribution in [0.25, 0.3) is 0 Å². The largest absolute Gasteiger partial charge is 0.496 e. The number of carbonyl (C=O) groups is 2. The summed E-state index contributed by atoms with van der Waals surface area (Å²) < 4.78 is 5.13. The van der Waals surface area contributed by atoms with E-state index < -0.39 is 11.9 Å². The fourth-order valence-corrected chi connectivity index (χ4v) is 2.32. The van der Waals surface area contributed by atoms with Gasteiger partial charge in [-0.3, -0.25) is 9.59 Å². The second-order valence-corrected chi connectivity index (χ2v) is 4.86. The lowest BCUT2D eigenvalue weighted by Gasteiger charge is -2.17. The molecule has 0 aliphatic carbocycles. The van der Waals surface area contributed by atoms with Crippen LogP contribution in [-0.2, 0) is 4.79 Å². The summed E-state index contributed by atoms with van der Waals surface area (Å²) in [6, 6.07) is 4.78. The first-order valence-corrected chi connectivity index (χ1v) is 6.26. The molecular formula is C13H15Cl2NO4. The van der Waals surface area contributed by atoms with Gasteiger partial charge in [-0.05, 0) is 24.6 Å². The minimum Gasteiger partial charge on any atom is -0.496 e. The molecule has 1 amide bonds. The van der Waals surface area contributed by atoms with Crippen LogP contribution in [0, 0.1) is 5.92 Å². The molecule has 1 fully saturated rings. The van der Waals surface area contributed by atoms with Gasteiger partial charge < -0.3 is 14.7 Å². The van der Waals surface area contributed by atoms with Gasteiger partial charge in [0.15, 0.2) is 0 Å². The average Bonchev–Trinajstić information content (AvgIpc) is 2.87. The lowest BCUT2D eigenvalue weighted by atomic mass is 10.1. The van der Waals surface area contributed by atoms with Gasteiger partial charge in [0, 0.05) is 18.1 Å². The fraction of sp³-hybridized carbons (Fsp3) is 0.385. The van der Waals surface area contributed by atoms with Gasteiger partial charge in [0.05, 0.1) is 18.6 Å². The fourth-order valence-electron chi connectivity index (χ4n) is 2.16. The van der Waals surface area contributed by atoms with E-state index in [0.717, 1.165) is 0 Å². The van der Waals surface area contributed by atoms with Crippen molar-refractivity contribution >= 4 is 35.9 Å². The van der Waals surface area contributed by atoms with Crippen molar-refractivity contribution in [3.05, 3.63) is 28.8 Å². The van der Waals surface area contributed by atoms with Gasteiger partial charge >= 0.3 is 5.97 Å². The van der Waals surface area contributed by atoms with E-state index >= 15 is 0 Å². The van der Waals surface area contributed by atoms with Crippen LogP contribution in [0.15, 0.2) is 18.2 Å². The maximum atomic E-state index is 12.3. The van der Waals surface area contributed by atoms with Crippen molar-refractivity contribution in [3.63, 3.8) is 0 Å². The number of amides is 1. The molecule has 1 saturated heterocycles. The summed E-state index contributed by atoms with van der Waals surface area (Å²) in [7, 11) is 1.46. The SMILES string of the molecule is COc1cc(Cl)ccc1C(=O)N1CCC(C(=O)O)C1.Cl. The third-order valence-electron chi connectivity index (χ3n) is 3.22. The summed E-state index contributed by atoms with van der Waals surface area (Å²) >= 11 is 5.84. The number of rotatable bonds is 3. The lowest BCUT2D eigenvalue weighted by Crippen LogP contribution is -2.30. The Labute approximate surface area is 127 Å². The minimum atomic E-state index is -0.863. The smallest absolute Gasteiger partial charge is 0.308 e. The molecule has 1 aliphatic heterocycles. The number of carbonyl (C=O) groups excluding carboxylic acids is 1. The van der Waals surface area contributed by atoms with Gasteiger partial charge in [-0.2, -0.15) is 0 Å². The Bertz CT molecular complexity index is 521. The number of hydrogen-bond donors (Lipinski definition) is 1. The number of benzene rings is 1. The molecule has 1 atom stereocenters. The highest BCUT2D eigenvalue weighted by molar-refractivity contribution is 6.30. The van der Waals surface area contributed by atoms with Gasteiger partial charge in [0.25, 0.3) is 5.91 Å². The van der Waals surface area contributed by atoms with E-state index in [-0.39, 0.29) is 24.9 Å². The summed E-state index contributed by atoms with van der Waals surface area (Å²) in [6.07, 6.45) is 0.483. The maximum Gasteiger partial charge on any atom is 0.308 e. The Morgan fingerprint density at radius 1 is 1.45 bits per heavy atom. The molecule has 0 bridgehead atoms. The van der Waals surface area contributed by atoms with E-state index in [1.807, 2.05) is 0 Å². The molecule has 0 aromatic heterocycles. The van der Waals surface area contributed by atoms with Crippen molar-refractivity contribution in [2.45, 2.75) is 6.42 Å². The van der Waals surface area contributed by atoms with Crippen LogP contribution in [0.3, 0.4) is 0 Å². The number of nitrogens with zero attached hydrogens (tertiary/aromatic N) is 1. The van der Waals surface area contributed by atoms with E-state index in [1.54, 1.807) is 18.2 Å². The number of aliphatic carboxylic acids is 1. The number of halogens is 2. The van der Waals surface area contributed by atoms with Crippen LogP contribution < -0.4 is 4.74 Å². The zero-order chi connectivity index (χ0) is 14.0. The van der Waals surface area contributed by atoms with Crippen LogP contribution in [0.2, 0.25) is 5.02 Å². The van der Waals surface area contributed by atoms with Crippen LogP contribution in [0.1, 0.15) is 16.8 Å². The maximum absolute atomic E-state index is 12.3. The average molecular weight is 320 g/mol. The van der Waals surface area contributed by atoms with Crippen molar-refractivity contribution in [2.75, 3.05) is 20.2 Å². The van der Waals surface area contributed by atoms with Crippen LogP contribution in [0.5, 0.6) is 5.75 Å². The Kier molecular flexibility index (Phi) is 5.65. The first kappa shape index (κ1) is 16.6. The normalized spacial score (nSPS) is 17.5. The van der Waals surface area contributed by atoms with Crippen molar-refractivity contribution in [2.24, 2.45) is 5.92 Å². The van der Waals surface area contributed by atoms with E-state index in [0.29, 0.717) is 29.3 Å². The molecule has 1 aromatic carbocycles. The summed E-state index contributed by atoms with van der Waals surface area (Å²) in [5.74, 6) is -1.17. The molecule has 2 rings (SSSR count). The zero-order valence-corrected chi connectivity index (χ0v) is 12.4. The Morgan fingerprint density at radius 2 is 2.15 bits per heavy atom. The van der Waals surface area contributed by atoms with Crippen molar-refractivity contribution in [1.29, 1.82) is 0 Å². The molecule has 7 heteroatoms. The molecular weight excluding hydrogens is 305 g/mol. The second-order valence-electron chi connectivity index (χ2n) is 4.42. The third-order valence-corrected chi connectivity index (χ3v) is 3.45. The van der Waals surface area contributed by atoms with E-state index in [1.165, 1.54) is 12.0 Å². The number of carboxylic acids is 1. The summed E-state index contributed by atoms with van der Waals surface area (Å²) in [5, 5.41) is 9.42. The summed E-state index contributed by atoms with van der Waals surface area (Å²) in [6.45, 7) is 0.682. The Hall–Kier alpha value is -1.46. The van der Waals surface area contributed by atoms with E-state index in [2.05, 4.69) is 0 Å². The molecule has 1 aliphatic rings. The molecule has 1 N–H and O–H groups in total. The summed E-state index contributed by atoms with van der Waals surface area (Å²) in [4.78, 5) is 24.7. The molecule has 0 radical (unpaired) electrons.